The maximum atomic E-state index is 12.8. The van der Waals surface area contributed by atoms with Gasteiger partial charge in [0.25, 0.3) is 0 Å². The standard InChI is InChI=1S/C21H33N3O2/c1-14(2)17-8-7-9-18(15(3)4)20(17)24-13-16(12-19(24)25)21(26)22-10-11-23(5)6/h7-9,14-16H,10-13H2,1-6H3,(H,22,26). The minimum Gasteiger partial charge on any atom is -0.355 e. The predicted octanol–water partition coefficient (Wildman–Crippen LogP) is 2.96. The lowest BCUT2D eigenvalue weighted by molar-refractivity contribution is -0.126. The van der Waals surface area contributed by atoms with E-state index in [9.17, 15) is 9.59 Å². The van der Waals surface area contributed by atoms with Crippen LogP contribution in [0.3, 0.4) is 0 Å². The lowest BCUT2D eigenvalue weighted by Gasteiger charge is -2.27. The summed E-state index contributed by atoms with van der Waals surface area (Å²) in [7, 11) is 3.95. The molecule has 0 spiro atoms. The summed E-state index contributed by atoms with van der Waals surface area (Å²) >= 11 is 0. The number of para-hydroxylation sites is 1. The molecule has 1 saturated heterocycles. The summed E-state index contributed by atoms with van der Waals surface area (Å²) in [5.41, 5.74) is 3.38. The number of nitrogens with zero attached hydrogens (tertiary/aromatic N) is 2. The van der Waals surface area contributed by atoms with Crippen LogP contribution in [-0.4, -0.2) is 50.4 Å². The van der Waals surface area contributed by atoms with E-state index in [1.165, 1.54) is 11.1 Å². The van der Waals surface area contributed by atoms with E-state index in [1.54, 1.807) is 0 Å². The molecule has 1 aliphatic rings. The largest absolute Gasteiger partial charge is 0.355 e. The predicted molar refractivity (Wildman–Crippen MR) is 107 cm³/mol. The Kier molecular flexibility index (Phi) is 6.81. The van der Waals surface area contributed by atoms with Crippen LogP contribution in [-0.2, 0) is 9.59 Å². The second-order valence-electron chi connectivity index (χ2n) is 8.09. The molecule has 0 radical (unpaired) electrons. The summed E-state index contributed by atoms with van der Waals surface area (Å²) in [6, 6.07) is 6.27. The zero-order chi connectivity index (χ0) is 19.4. The third-order valence-electron chi connectivity index (χ3n) is 4.97. The van der Waals surface area contributed by atoms with Gasteiger partial charge in [-0.25, -0.2) is 0 Å². The van der Waals surface area contributed by atoms with Gasteiger partial charge >= 0.3 is 0 Å². The third kappa shape index (κ3) is 4.64. The molecule has 0 saturated carbocycles. The minimum atomic E-state index is -0.273. The number of hydrogen-bond donors (Lipinski definition) is 1. The van der Waals surface area contributed by atoms with Crippen LogP contribution in [0, 0.1) is 5.92 Å². The highest BCUT2D eigenvalue weighted by molar-refractivity contribution is 6.01. The van der Waals surface area contributed by atoms with E-state index < -0.39 is 0 Å². The molecule has 2 rings (SSSR count). The normalized spacial score (nSPS) is 17.7. The molecular formula is C21H33N3O2. The fourth-order valence-corrected chi connectivity index (χ4v) is 3.47. The summed E-state index contributed by atoms with van der Waals surface area (Å²) < 4.78 is 0. The van der Waals surface area contributed by atoms with Gasteiger partial charge < -0.3 is 15.1 Å². The van der Waals surface area contributed by atoms with Gasteiger partial charge in [-0.3, -0.25) is 9.59 Å². The number of amides is 2. The molecule has 1 N–H and O–H groups in total. The highest BCUT2D eigenvalue weighted by Gasteiger charge is 2.37. The molecule has 1 unspecified atom stereocenters. The zero-order valence-electron chi connectivity index (χ0n) is 17.0. The van der Waals surface area contributed by atoms with Crippen molar-refractivity contribution in [1.29, 1.82) is 0 Å². The van der Waals surface area contributed by atoms with E-state index in [-0.39, 0.29) is 24.2 Å². The number of rotatable bonds is 7. The maximum Gasteiger partial charge on any atom is 0.227 e. The lowest BCUT2D eigenvalue weighted by Crippen LogP contribution is -2.37. The first-order valence-electron chi connectivity index (χ1n) is 9.58. The first-order chi connectivity index (χ1) is 12.2. The van der Waals surface area contributed by atoms with Crippen LogP contribution in [0.5, 0.6) is 0 Å². The molecular weight excluding hydrogens is 326 g/mol. The number of carbonyl (C=O) groups excluding carboxylic acids is 2. The van der Waals surface area contributed by atoms with Crippen LogP contribution in [0.1, 0.15) is 57.1 Å². The molecule has 1 aromatic carbocycles. The quantitative estimate of drug-likeness (QED) is 0.814. The van der Waals surface area contributed by atoms with E-state index in [0.717, 1.165) is 12.2 Å². The van der Waals surface area contributed by atoms with Crippen LogP contribution in [0.4, 0.5) is 5.69 Å². The Bertz CT molecular complexity index is 626. The van der Waals surface area contributed by atoms with Crippen LogP contribution in [0.15, 0.2) is 18.2 Å². The van der Waals surface area contributed by atoms with Gasteiger partial charge in [-0.1, -0.05) is 45.9 Å². The molecule has 1 aromatic rings. The van der Waals surface area contributed by atoms with Crippen molar-refractivity contribution in [2.75, 3.05) is 38.6 Å². The second kappa shape index (κ2) is 8.67. The molecule has 1 aliphatic heterocycles. The monoisotopic (exact) mass is 359 g/mol. The molecule has 1 fully saturated rings. The van der Waals surface area contributed by atoms with E-state index >= 15 is 0 Å². The Hall–Kier alpha value is -1.88. The van der Waals surface area contributed by atoms with Gasteiger partial charge in [0.15, 0.2) is 0 Å². The Labute approximate surface area is 157 Å². The summed E-state index contributed by atoms with van der Waals surface area (Å²) in [6.07, 6.45) is 0.289. The van der Waals surface area contributed by atoms with Gasteiger partial charge in [0.2, 0.25) is 11.8 Å². The Balaban J connectivity index is 2.22. The summed E-state index contributed by atoms with van der Waals surface area (Å²) in [5, 5.41) is 2.96. The molecule has 26 heavy (non-hydrogen) atoms. The van der Waals surface area contributed by atoms with Gasteiger partial charge in [-0.2, -0.15) is 0 Å². The van der Waals surface area contributed by atoms with Crippen molar-refractivity contribution in [1.82, 2.24) is 10.2 Å². The van der Waals surface area contributed by atoms with Crippen molar-refractivity contribution in [3.8, 4) is 0 Å². The van der Waals surface area contributed by atoms with Crippen molar-refractivity contribution >= 4 is 17.5 Å². The van der Waals surface area contributed by atoms with Crippen molar-refractivity contribution in [2.45, 2.75) is 46.0 Å². The highest BCUT2D eigenvalue weighted by Crippen LogP contribution is 2.38. The molecule has 1 heterocycles. The summed E-state index contributed by atoms with van der Waals surface area (Å²) in [5.74, 6) is 0.405. The van der Waals surface area contributed by atoms with Gasteiger partial charge in [-0.05, 0) is 37.1 Å². The van der Waals surface area contributed by atoms with E-state index in [0.29, 0.717) is 24.9 Å². The number of benzene rings is 1. The fourth-order valence-electron chi connectivity index (χ4n) is 3.47. The second-order valence-corrected chi connectivity index (χ2v) is 8.09. The number of carbonyl (C=O) groups is 2. The van der Waals surface area contributed by atoms with Gasteiger partial charge in [0, 0.05) is 26.1 Å². The Morgan fingerprint density at radius 3 is 2.27 bits per heavy atom. The molecule has 144 valence electrons. The molecule has 5 heteroatoms. The molecule has 0 bridgehead atoms. The van der Waals surface area contributed by atoms with Crippen LogP contribution in [0.25, 0.3) is 0 Å². The van der Waals surface area contributed by atoms with Crippen LogP contribution in [0.2, 0.25) is 0 Å². The SMILES string of the molecule is CC(C)c1cccc(C(C)C)c1N1CC(C(=O)NCCN(C)C)CC1=O. The topological polar surface area (TPSA) is 52.7 Å². The van der Waals surface area contributed by atoms with Gasteiger partial charge in [0.1, 0.15) is 0 Å². The maximum absolute atomic E-state index is 12.8. The fraction of sp³-hybridized carbons (Fsp3) is 0.619. The third-order valence-corrected chi connectivity index (χ3v) is 4.97. The minimum absolute atomic E-state index is 0.0178. The summed E-state index contributed by atoms with van der Waals surface area (Å²) in [6.45, 7) is 10.5. The van der Waals surface area contributed by atoms with Crippen molar-refractivity contribution in [3.05, 3.63) is 29.3 Å². The summed E-state index contributed by atoms with van der Waals surface area (Å²) in [4.78, 5) is 29.1. The van der Waals surface area contributed by atoms with Gasteiger partial charge in [-0.15, -0.1) is 0 Å². The Morgan fingerprint density at radius 1 is 1.19 bits per heavy atom. The lowest BCUT2D eigenvalue weighted by atomic mass is 9.92. The smallest absolute Gasteiger partial charge is 0.227 e. The average molecular weight is 360 g/mol. The van der Waals surface area contributed by atoms with Crippen LogP contribution < -0.4 is 10.2 Å². The van der Waals surface area contributed by atoms with E-state index in [1.807, 2.05) is 23.9 Å². The van der Waals surface area contributed by atoms with E-state index in [2.05, 4.69) is 51.2 Å². The number of hydrogen-bond acceptors (Lipinski definition) is 3. The number of nitrogens with one attached hydrogen (secondary N) is 1. The Morgan fingerprint density at radius 2 is 1.77 bits per heavy atom. The molecule has 0 aromatic heterocycles. The van der Waals surface area contributed by atoms with Gasteiger partial charge in [0.05, 0.1) is 11.6 Å². The van der Waals surface area contributed by atoms with E-state index in [4.69, 9.17) is 0 Å². The average Bonchev–Trinajstić information content (AvgIpc) is 2.95. The highest BCUT2D eigenvalue weighted by atomic mass is 16.2. The first kappa shape index (κ1) is 20.4. The van der Waals surface area contributed by atoms with Crippen molar-refractivity contribution < 1.29 is 9.59 Å². The van der Waals surface area contributed by atoms with Crippen LogP contribution >= 0.6 is 0 Å². The van der Waals surface area contributed by atoms with Crippen molar-refractivity contribution in [3.63, 3.8) is 0 Å². The zero-order valence-corrected chi connectivity index (χ0v) is 17.0. The molecule has 1 atom stereocenters. The first-order valence-corrected chi connectivity index (χ1v) is 9.58. The van der Waals surface area contributed by atoms with Crippen molar-refractivity contribution in [2.24, 2.45) is 5.92 Å². The molecule has 2 amide bonds. The molecule has 5 nitrogen and oxygen atoms in total. The number of likely N-dealkylation sites (N-methyl/N-ethyl adjacent to an activating group) is 1. The molecule has 0 aliphatic carbocycles. The number of anilines is 1.